The van der Waals surface area contributed by atoms with Crippen LogP contribution in [0.1, 0.15) is 13.3 Å². The van der Waals surface area contributed by atoms with Crippen LogP contribution >= 0.6 is 0 Å². The first-order valence-corrected chi connectivity index (χ1v) is 2.80. The van der Waals surface area contributed by atoms with Crippen LogP contribution in [-0.4, -0.2) is 23.3 Å². The van der Waals surface area contributed by atoms with Gasteiger partial charge >= 0.3 is 12.3 Å². The van der Waals surface area contributed by atoms with E-state index in [4.69, 9.17) is 5.11 Å². The number of carbonyl (C=O) groups is 1. The Hall–Kier alpha value is -1.01. The maximum atomic E-state index is 12.5. The minimum absolute atomic E-state index is 0.397. The highest BCUT2D eigenvalue weighted by Gasteiger charge is 2.42. The molecule has 0 saturated carbocycles. The average molecular weight is 190 g/mol. The summed E-state index contributed by atoms with van der Waals surface area (Å²) in [6, 6.07) is 0. The highest BCUT2D eigenvalue weighted by atomic mass is 19.4. The molecule has 7 heteroatoms. The zero-order chi connectivity index (χ0) is 9.99. The van der Waals surface area contributed by atoms with E-state index < -0.39 is 24.6 Å². The quantitative estimate of drug-likeness (QED) is 0.536. The van der Waals surface area contributed by atoms with E-state index in [1.165, 1.54) is 0 Å². The number of ether oxygens (including phenoxy) is 1. The second-order valence-corrected chi connectivity index (χ2v) is 2.26. The Labute approximate surface area is 64.9 Å². The Morgan fingerprint density at radius 3 is 2.08 bits per heavy atom. The van der Waals surface area contributed by atoms with Crippen molar-refractivity contribution >= 4 is 6.16 Å². The maximum Gasteiger partial charge on any atom is 0.508 e. The SMILES string of the molecule is CC(F)(CC(F)(F)F)OC(=O)O. The fraction of sp³-hybridized carbons (Fsp3) is 0.800. The molecule has 0 aliphatic rings. The summed E-state index contributed by atoms with van der Waals surface area (Å²) in [5.41, 5.74) is 0. The van der Waals surface area contributed by atoms with Gasteiger partial charge in [-0.05, 0) is 0 Å². The molecule has 0 fully saturated rings. The molecule has 1 N–H and O–H groups in total. The molecule has 0 rings (SSSR count). The van der Waals surface area contributed by atoms with Crippen molar-refractivity contribution in [3.63, 3.8) is 0 Å². The average Bonchev–Trinajstić information content (AvgIpc) is 1.48. The van der Waals surface area contributed by atoms with Crippen LogP contribution in [0.15, 0.2) is 0 Å². The van der Waals surface area contributed by atoms with Crippen LogP contribution in [0, 0.1) is 0 Å². The van der Waals surface area contributed by atoms with Crippen molar-refractivity contribution < 1.29 is 32.2 Å². The van der Waals surface area contributed by atoms with Crippen LogP contribution in [0.3, 0.4) is 0 Å². The molecule has 0 aliphatic carbocycles. The summed E-state index contributed by atoms with van der Waals surface area (Å²) < 4.78 is 50.3. The molecule has 1 unspecified atom stereocenters. The van der Waals surface area contributed by atoms with Gasteiger partial charge in [-0.15, -0.1) is 0 Å². The van der Waals surface area contributed by atoms with Crippen molar-refractivity contribution in [2.24, 2.45) is 0 Å². The minimum Gasteiger partial charge on any atom is -0.450 e. The van der Waals surface area contributed by atoms with Gasteiger partial charge in [0.2, 0.25) is 0 Å². The van der Waals surface area contributed by atoms with E-state index in [9.17, 15) is 22.4 Å². The van der Waals surface area contributed by atoms with Gasteiger partial charge in [0.15, 0.2) is 0 Å². The molecule has 12 heavy (non-hydrogen) atoms. The number of halogens is 4. The predicted octanol–water partition coefficient (Wildman–Crippen LogP) is 2.32. The lowest BCUT2D eigenvalue weighted by atomic mass is 10.2. The normalized spacial score (nSPS) is 16.8. The fourth-order valence-corrected chi connectivity index (χ4v) is 0.576. The van der Waals surface area contributed by atoms with Crippen LogP contribution in [0.4, 0.5) is 22.4 Å². The molecule has 0 saturated heterocycles. The molecule has 0 amide bonds. The number of rotatable bonds is 2. The molecule has 0 bridgehead atoms. The van der Waals surface area contributed by atoms with E-state index in [-0.39, 0.29) is 0 Å². The standard InChI is InChI=1S/C5H6F4O3/c1-4(6,12-3(10)11)2-5(7,8)9/h2H2,1H3,(H,10,11). The molecule has 0 radical (unpaired) electrons. The lowest BCUT2D eigenvalue weighted by Gasteiger charge is -2.19. The third-order valence-corrected chi connectivity index (χ3v) is 0.816. The second kappa shape index (κ2) is 3.16. The lowest BCUT2D eigenvalue weighted by molar-refractivity contribution is -0.209. The lowest BCUT2D eigenvalue weighted by Crippen LogP contribution is -2.31. The number of carboxylic acid groups (broad SMARTS) is 1. The Balaban J connectivity index is 4.13. The summed E-state index contributed by atoms with van der Waals surface area (Å²) in [5.74, 6) is -3.22. The van der Waals surface area contributed by atoms with E-state index in [1.54, 1.807) is 0 Å². The molecule has 0 heterocycles. The summed E-state index contributed by atoms with van der Waals surface area (Å²) in [6.07, 6.45) is -8.82. The van der Waals surface area contributed by atoms with E-state index in [0.29, 0.717) is 6.92 Å². The molecule has 0 spiro atoms. The molecule has 0 aromatic carbocycles. The first-order valence-electron chi connectivity index (χ1n) is 2.80. The van der Waals surface area contributed by atoms with Crippen LogP contribution in [0.2, 0.25) is 0 Å². The first kappa shape index (κ1) is 11.0. The highest BCUT2D eigenvalue weighted by molar-refractivity contribution is 5.57. The van der Waals surface area contributed by atoms with E-state index >= 15 is 0 Å². The van der Waals surface area contributed by atoms with Crippen LogP contribution in [0.5, 0.6) is 0 Å². The van der Waals surface area contributed by atoms with Crippen molar-refractivity contribution in [1.82, 2.24) is 0 Å². The first-order chi connectivity index (χ1) is 5.12. The van der Waals surface area contributed by atoms with Gasteiger partial charge in [-0.25, -0.2) is 4.79 Å². The Morgan fingerprint density at radius 1 is 1.42 bits per heavy atom. The van der Waals surface area contributed by atoms with Gasteiger partial charge in [-0.3, -0.25) is 0 Å². The van der Waals surface area contributed by atoms with Gasteiger partial charge in [-0.1, -0.05) is 0 Å². The van der Waals surface area contributed by atoms with E-state index in [0.717, 1.165) is 0 Å². The fourth-order valence-electron chi connectivity index (χ4n) is 0.576. The molecular formula is C5H6F4O3. The zero-order valence-electron chi connectivity index (χ0n) is 5.98. The van der Waals surface area contributed by atoms with Crippen molar-refractivity contribution in [3.05, 3.63) is 0 Å². The smallest absolute Gasteiger partial charge is 0.450 e. The van der Waals surface area contributed by atoms with Crippen molar-refractivity contribution in [2.45, 2.75) is 25.4 Å². The van der Waals surface area contributed by atoms with Gasteiger partial charge < -0.3 is 9.84 Å². The molecule has 0 aromatic heterocycles. The van der Waals surface area contributed by atoms with Crippen molar-refractivity contribution in [3.8, 4) is 0 Å². The third-order valence-electron chi connectivity index (χ3n) is 0.816. The van der Waals surface area contributed by atoms with Crippen LogP contribution < -0.4 is 0 Å². The molecule has 1 atom stereocenters. The molecule has 0 aliphatic heterocycles. The number of hydrogen-bond donors (Lipinski definition) is 1. The Bertz CT molecular complexity index is 174. The molecular weight excluding hydrogens is 184 g/mol. The molecule has 72 valence electrons. The minimum atomic E-state index is -4.79. The summed E-state index contributed by atoms with van der Waals surface area (Å²) in [5, 5.41) is 7.82. The Kier molecular flexibility index (Phi) is 2.89. The summed E-state index contributed by atoms with van der Waals surface area (Å²) in [4.78, 5) is 9.67. The third kappa shape index (κ3) is 5.75. The van der Waals surface area contributed by atoms with Gasteiger partial charge in [0.25, 0.3) is 5.85 Å². The van der Waals surface area contributed by atoms with E-state index in [2.05, 4.69) is 4.74 Å². The second-order valence-electron chi connectivity index (χ2n) is 2.26. The van der Waals surface area contributed by atoms with Gasteiger partial charge in [0, 0.05) is 6.92 Å². The topological polar surface area (TPSA) is 46.5 Å². The molecule has 0 aromatic rings. The summed E-state index contributed by atoms with van der Waals surface area (Å²) in [7, 11) is 0. The van der Waals surface area contributed by atoms with Crippen LogP contribution in [-0.2, 0) is 4.74 Å². The predicted molar refractivity (Wildman–Crippen MR) is 29.3 cm³/mol. The van der Waals surface area contributed by atoms with Crippen molar-refractivity contribution in [1.29, 1.82) is 0 Å². The maximum absolute atomic E-state index is 12.5. The Morgan fingerprint density at radius 2 is 1.83 bits per heavy atom. The van der Waals surface area contributed by atoms with Crippen LogP contribution in [0.25, 0.3) is 0 Å². The van der Waals surface area contributed by atoms with Gasteiger partial charge in [-0.2, -0.15) is 17.6 Å². The summed E-state index contributed by atoms with van der Waals surface area (Å²) >= 11 is 0. The largest absolute Gasteiger partial charge is 0.508 e. The van der Waals surface area contributed by atoms with Gasteiger partial charge in [0.05, 0.1) is 0 Å². The monoisotopic (exact) mass is 190 g/mol. The number of hydrogen-bond acceptors (Lipinski definition) is 2. The summed E-state index contributed by atoms with van der Waals surface area (Å²) in [6.45, 7) is 0.397. The highest BCUT2D eigenvalue weighted by Crippen LogP contribution is 2.30. The number of alkyl halides is 4. The molecule has 3 nitrogen and oxygen atoms in total. The van der Waals surface area contributed by atoms with E-state index in [1.807, 2.05) is 0 Å². The van der Waals surface area contributed by atoms with Gasteiger partial charge in [0.1, 0.15) is 6.42 Å². The van der Waals surface area contributed by atoms with Crippen molar-refractivity contribution in [2.75, 3.05) is 0 Å². The zero-order valence-corrected chi connectivity index (χ0v) is 5.98.